The van der Waals surface area contributed by atoms with Crippen molar-refractivity contribution in [1.29, 1.82) is 0 Å². The number of fused-ring (bicyclic) bond motifs is 1. The second-order valence-corrected chi connectivity index (χ2v) is 3.48. The molecule has 0 spiro atoms. The van der Waals surface area contributed by atoms with E-state index in [0.717, 1.165) is 0 Å². The molecule has 0 unspecified atom stereocenters. The summed E-state index contributed by atoms with van der Waals surface area (Å²) in [6.45, 7) is 0. The molecule has 0 saturated carbocycles. The topological polar surface area (TPSA) is 22.4 Å². The smallest absolute Gasteiger partial charge is 0.420 e. The Morgan fingerprint density at radius 3 is 2.56 bits per heavy atom. The molecule has 2 nitrogen and oxygen atoms in total. The lowest BCUT2D eigenvalue weighted by atomic mass is 10.1. The fourth-order valence-electron chi connectivity index (χ4n) is 1.42. The third kappa shape index (κ3) is 1.61. The summed E-state index contributed by atoms with van der Waals surface area (Å²) in [5.41, 5.74) is -0.861. The van der Waals surface area contributed by atoms with Gasteiger partial charge in [-0.05, 0) is 12.1 Å². The summed E-state index contributed by atoms with van der Waals surface area (Å²) < 4.78 is 47.3. The van der Waals surface area contributed by atoms with Crippen LogP contribution in [0.1, 0.15) is 5.56 Å². The second-order valence-electron chi connectivity index (χ2n) is 3.11. The van der Waals surface area contributed by atoms with Crippen LogP contribution < -0.4 is 4.74 Å². The summed E-state index contributed by atoms with van der Waals surface area (Å²) in [5.74, 6) is 0.275. The molecule has 0 atom stereocenters. The van der Waals surface area contributed by atoms with Crippen LogP contribution in [0.4, 0.5) is 13.2 Å². The molecule has 1 aromatic heterocycles. The number of hydrogen-bond donors (Lipinski definition) is 0. The van der Waals surface area contributed by atoms with Crippen LogP contribution in [0.5, 0.6) is 5.75 Å². The van der Waals surface area contributed by atoms with E-state index in [9.17, 15) is 13.2 Å². The van der Waals surface area contributed by atoms with Gasteiger partial charge in [0.15, 0.2) is 5.58 Å². The zero-order valence-corrected chi connectivity index (χ0v) is 8.82. The van der Waals surface area contributed by atoms with E-state index in [0.29, 0.717) is 6.26 Å². The maximum atomic E-state index is 12.5. The first kappa shape index (κ1) is 11.1. The van der Waals surface area contributed by atoms with Crippen LogP contribution in [0.2, 0.25) is 5.02 Å². The molecule has 0 amide bonds. The third-order valence-electron chi connectivity index (χ3n) is 2.17. The number of ether oxygens (including phenoxy) is 1. The summed E-state index contributed by atoms with van der Waals surface area (Å²) in [6.07, 6.45) is -3.81. The van der Waals surface area contributed by atoms with Gasteiger partial charge in [0.05, 0.1) is 7.11 Å². The maximum Gasteiger partial charge on any atom is 0.420 e. The van der Waals surface area contributed by atoms with Crippen LogP contribution in [-0.4, -0.2) is 7.11 Å². The van der Waals surface area contributed by atoms with Crippen LogP contribution in [-0.2, 0) is 6.18 Å². The minimum Gasteiger partial charge on any atom is -0.495 e. The van der Waals surface area contributed by atoms with Crippen molar-refractivity contribution in [3.05, 3.63) is 29.0 Å². The molecule has 0 fully saturated rings. The molecular weight excluding hydrogens is 245 g/mol. The summed E-state index contributed by atoms with van der Waals surface area (Å²) in [4.78, 5) is 0. The summed E-state index contributed by atoms with van der Waals surface area (Å²) in [7, 11) is 1.38. The zero-order valence-electron chi connectivity index (χ0n) is 8.06. The van der Waals surface area contributed by atoms with Crippen molar-refractivity contribution in [1.82, 2.24) is 0 Å². The number of methoxy groups -OCH3 is 1. The summed E-state index contributed by atoms with van der Waals surface area (Å²) in [6, 6.07) is 2.64. The van der Waals surface area contributed by atoms with Crippen LogP contribution in [0.25, 0.3) is 11.0 Å². The van der Waals surface area contributed by atoms with Crippen LogP contribution in [0, 0.1) is 0 Å². The van der Waals surface area contributed by atoms with Gasteiger partial charge in [-0.3, -0.25) is 0 Å². The molecule has 0 bridgehead atoms. The molecule has 0 radical (unpaired) electrons. The van der Waals surface area contributed by atoms with Gasteiger partial charge in [0.25, 0.3) is 0 Å². The molecule has 1 heterocycles. The van der Waals surface area contributed by atoms with E-state index in [-0.39, 0.29) is 21.7 Å². The van der Waals surface area contributed by atoms with Gasteiger partial charge in [0.1, 0.15) is 22.6 Å². The highest BCUT2D eigenvalue weighted by Crippen LogP contribution is 2.41. The van der Waals surface area contributed by atoms with Crippen molar-refractivity contribution < 1.29 is 22.3 Å². The zero-order chi connectivity index (χ0) is 11.9. The van der Waals surface area contributed by atoms with Crippen LogP contribution in [0.15, 0.2) is 22.8 Å². The van der Waals surface area contributed by atoms with Gasteiger partial charge in [-0.1, -0.05) is 11.6 Å². The lowest BCUT2D eigenvalue weighted by Gasteiger charge is -2.05. The van der Waals surface area contributed by atoms with Gasteiger partial charge >= 0.3 is 6.18 Å². The van der Waals surface area contributed by atoms with Crippen molar-refractivity contribution >= 4 is 22.6 Å². The van der Waals surface area contributed by atoms with Crippen LogP contribution in [0.3, 0.4) is 0 Å². The van der Waals surface area contributed by atoms with E-state index >= 15 is 0 Å². The lowest BCUT2D eigenvalue weighted by Crippen LogP contribution is -2.03. The summed E-state index contributed by atoms with van der Waals surface area (Å²) in [5, 5.41) is -0.0335. The molecule has 0 aliphatic rings. The van der Waals surface area contributed by atoms with Gasteiger partial charge in [-0.2, -0.15) is 13.2 Å². The van der Waals surface area contributed by atoms with Crippen molar-refractivity contribution in [2.45, 2.75) is 6.18 Å². The molecule has 86 valence electrons. The largest absolute Gasteiger partial charge is 0.495 e. The standard InChI is InChI=1S/C10H6ClF3O2/c1-15-7-3-2-5-6(10(12,13)14)4-16-9(5)8(7)11/h2-4H,1H3. The van der Waals surface area contributed by atoms with Crippen molar-refractivity contribution in [2.24, 2.45) is 0 Å². The Balaban J connectivity index is 2.72. The first-order valence-corrected chi connectivity index (χ1v) is 4.64. The predicted molar refractivity (Wildman–Crippen MR) is 52.8 cm³/mol. The minimum atomic E-state index is -4.46. The van der Waals surface area contributed by atoms with E-state index < -0.39 is 11.7 Å². The van der Waals surface area contributed by atoms with E-state index in [1.54, 1.807) is 0 Å². The van der Waals surface area contributed by atoms with Gasteiger partial charge in [0, 0.05) is 5.39 Å². The molecule has 0 saturated heterocycles. The molecular formula is C10H6ClF3O2. The van der Waals surface area contributed by atoms with Gasteiger partial charge in [0.2, 0.25) is 0 Å². The van der Waals surface area contributed by atoms with Crippen molar-refractivity contribution in [2.75, 3.05) is 7.11 Å². The minimum absolute atomic E-state index is 0.0201. The van der Waals surface area contributed by atoms with Crippen molar-refractivity contribution in [3.63, 3.8) is 0 Å². The molecule has 16 heavy (non-hydrogen) atoms. The fourth-order valence-corrected chi connectivity index (χ4v) is 1.71. The number of rotatable bonds is 1. The number of furan rings is 1. The summed E-state index contributed by atoms with van der Waals surface area (Å²) >= 11 is 5.82. The Labute approximate surface area is 93.6 Å². The molecule has 0 N–H and O–H groups in total. The Bertz CT molecular complexity index is 531. The number of halogens is 4. The molecule has 2 rings (SSSR count). The predicted octanol–water partition coefficient (Wildman–Crippen LogP) is 4.11. The van der Waals surface area contributed by atoms with E-state index in [1.807, 2.05) is 0 Å². The van der Waals surface area contributed by atoms with Gasteiger partial charge in [-0.25, -0.2) is 0 Å². The highest BCUT2D eigenvalue weighted by Gasteiger charge is 2.35. The Hall–Kier alpha value is -1.36. The Morgan fingerprint density at radius 1 is 1.31 bits per heavy atom. The number of alkyl halides is 3. The third-order valence-corrected chi connectivity index (χ3v) is 2.53. The molecule has 6 heteroatoms. The first-order valence-electron chi connectivity index (χ1n) is 4.26. The number of benzene rings is 1. The normalized spacial score (nSPS) is 12.1. The van der Waals surface area contributed by atoms with Crippen molar-refractivity contribution in [3.8, 4) is 5.75 Å². The average molecular weight is 251 g/mol. The maximum absolute atomic E-state index is 12.5. The SMILES string of the molecule is COc1ccc2c(C(F)(F)F)coc2c1Cl. The van der Waals surface area contributed by atoms with Crippen LogP contribution >= 0.6 is 11.6 Å². The van der Waals surface area contributed by atoms with Gasteiger partial charge < -0.3 is 9.15 Å². The Morgan fingerprint density at radius 2 is 2.00 bits per heavy atom. The molecule has 1 aromatic carbocycles. The monoisotopic (exact) mass is 250 g/mol. The molecule has 2 aromatic rings. The second kappa shape index (κ2) is 3.59. The molecule has 0 aliphatic heterocycles. The Kier molecular flexibility index (Phi) is 2.50. The van der Waals surface area contributed by atoms with E-state index in [4.69, 9.17) is 20.8 Å². The average Bonchev–Trinajstić information content (AvgIpc) is 2.62. The molecule has 0 aliphatic carbocycles. The number of hydrogen-bond acceptors (Lipinski definition) is 2. The van der Waals surface area contributed by atoms with E-state index in [2.05, 4.69) is 0 Å². The lowest BCUT2D eigenvalue weighted by molar-refractivity contribution is -0.136. The first-order chi connectivity index (χ1) is 7.45. The highest BCUT2D eigenvalue weighted by atomic mass is 35.5. The quantitative estimate of drug-likeness (QED) is 0.760. The van der Waals surface area contributed by atoms with E-state index in [1.165, 1.54) is 19.2 Å². The fraction of sp³-hybridized carbons (Fsp3) is 0.200. The highest BCUT2D eigenvalue weighted by molar-refractivity contribution is 6.36. The van der Waals surface area contributed by atoms with Gasteiger partial charge in [-0.15, -0.1) is 0 Å².